The van der Waals surface area contributed by atoms with Crippen LogP contribution in [0, 0.1) is 5.92 Å². The van der Waals surface area contributed by atoms with Crippen molar-refractivity contribution >= 4 is 16.8 Å². The Morgan fingerprint density at radius 1 is 1.40 bits per heavy atom. The average Bonchev–Trinajstić information content (AvgIpc) is 3.03. The van der Waals surface area contributed by atoms with E-state index in [1.54, 1.807) is 6.20 Å². The number of fused-ring (bicyclic) bond motifs is 1. The Labute approximate surface area is 147 Å². The van der Waals surface area contributed by atoms with Crippen LogP contribution in [-0.4, -0.2) is 54.3 Å². The first-order valence-electron chi connectivity index (χ1n) is 9.07. The number of aromatic nitrogens is 1. The molecule has 1 spiro atoms. The lowest BCUT2D eigenvalue weighted by Crippen LogP contribution is -2.66. The Morgan fingerprint density at radius 2 is 2.28 bits per heavy atom. The van der Waals surface area contributed by atoms with Gasteiger partial charge in [0.15, 0.2) is 0 Å². The van der Waals surface area contributed by atoms with E-state index in [1.807, 2.05) is 42.2 Å². The lowest BCUT2D eigenvalue weighted by molar-refractivity contribution is -0.120. The van der Waals surface area contributed by atoms with Gasteiger partial charge in [0.1, 0.15) is 5.60 Å². The fraction of sp³-hybridized carbons (Fsp3) is 0.500. The van der Waals surface area contributed by atoms with Gasteiger partial charge in [0.05, 0.1) is 18.6 Å². The van der Waals surface area contributed by atoms with Crippen LogP contribution in [0.1, 0.15) is 30.1 Å². The van der Waals surface area contributed by atoms with Crippen LogP contribution in [0.2, 0.25) is 0 Å². The lowest BCUT2D eigenvalue weighted by Gasteiger charge is -2.50. The third-order valence-corrected chi connectivity index (χ3v) is 5.47. The maximum Gasteiger partial charge on any atom is 0.254 e. The van der Waals surface area contributed by atoms with Gasteiger partial charge in [-0.2, -0.15) is 0 Å². The topological polar surface area (TPSA) is 51.7 Å². The van der Waals surface area contributed by atoms with Crippen LogP contribution in [0.25, 0.3) is 10.9 Å². The summed E-state index contributed by atoms with van der Waals surface area (Å²) >= 11 is 0. The number of hydrogen-bond acceptors (Lipinski definition) is 4. The van der Waals surface area contributed by atoms with Crippen LogP contribution >= 0.6 is 0 Å². The summed E-state index contributed by atoms with van der Waals surface area (Å²) in [6.45, 7) is 5.71. The molecule has 0 N–H and O–H groups in total. The Bertz CT molecular complexity index is 770. The maximum absolute atomic E-state index is 12.8. The number of benzene rings is 1. The molecule has 1 aromatic heterocycles. The number of amides is 1. The van der Waals surface area contributed by atoms with Crippen molar-refractivity contribution in [3.05, 3.63) is 42.1 Å². The van der Waals surface area contributed by atoms with Crippen molar-refractivity contribution in [2.24, 2.45) is 5.92 Å². The molecule has 0 saturated carbocycles. The second kappa shape index (κ2) is 6.73. The summed E-state index contributed by atoms with van der Waals surface area (Å²) in [5, 5.41) is 0.996. The largest absolute Gasteiger partial charge is 0.382 e. The number of nitrogens with zero attached hydrogens (tertiary/aromatic N) is 2. The van der Waals surface area contributed by atoms with E-state index >= 15 is 0 Å². The smallest absolute Gasteiger partial charge is 0.254 e. The normalized spacial score (nSPS) is 21.6. The summed E-state index contributed by atoms with van der Waals surface area (Å²) in [7, 11) is 0. The number of hydrogen-bond donors (Lipinski definition) is 0. The number of ether oxygens (including phenoxy) is 2. The SMILES string of the molecule is CCOCC[C@@H]1CCOC12CN(C(=O)c1ccc3ncccc3c1)C2. The van der Waals surface area contributed by atoms with Crippen molar-refractivity contribution in [1.29, 1.82) is 0 Å². The standard InChI is InChI=1S/C20H24N2O3/c1-2-24-10-7-17-8-11-25-20(17)13-22(14-20)19(23)16-5-6-18-15(12-16)4-3-9-21-18/h3-6,9,12,17H,2,7-8,10-11,13-14H2,1H3/t17-/m1/s1. The van der Waals surface area contributed by atoms with Gasteiger partial charge in [-0.15, -0.1) is 0 Å². The molecule has 0 bridgehead atoms. The predicted molar refractivity (Wildman–Crippen MR) is 95.5 cm³/mol. The molecule has 2 aliphatic heterocycles. The van der Waals surface area contributed by atoms with Gasteiger partial charge >= 0.3 is 0 Å². The van der Waals surface area contributed by atoms with Gasteiger partial charge in [-0.3, -0.25) is 9.78 Å². The fourth-order valence-corrected chi connectivity index (χ4v) is 4.05. The molecule has 2 aliphatic rings. The van der Waals surface area contributed by atoms with Crippen molar-refractivity contribution in [2.45, 2.75) is 25.4 Å². The highest BCUT2D eigenvalue weighted by atomic mass is 16.5. The minimum absolute atomic E-state index is 0.0791. The van der Waals surface area contributed by atoms with E-state index in [4.69, 9.17) is 9.47 Å². The monoisotopic (exact) mass is 340 g/mol. The molecular formula is C20H24N2O3. The van der Waals surface area contributed by atoms with Gasteiger partial charge in [0, 0.05) is 37.0 Å². The zero-order chi connectivity index (χ0) is 17.3. The van der Waals surface area contributed by atoms with Gasteiger partial charge in [-0.25, -0.2) is 0 Å². The van der Waals surface area contributed by atoms with Gasteiger partial charge in [-0.1, -0.05) is 6.07 Å². The van der Waals surface area contributed by atoms with Crippen LogP contribution in [-0.2, 0) is 9.47 Å². The quantitative estimate of drug-likeness (QED) is 0.786. The molecule has 1 amide bonds. The first-order chi connectivity index (χ1) is 12.2. The first-order valence-corrected chi connectivity index (χ1v) is 9.07. The van der Waals surface area contributed by atoms with Crippen molar-refractivity contribution in [2.75, 3.05) is 32.9 Å². The molecule has 5 nitrogen and oxygen atoms in total. The van der Waals surface area contributed by atoms with Crippen LogP contribution in [0.15, 0.2) is 36.5 Å². The molecule has 2 fully saturated rings. The van der Waals surface area contributed by atoms with Crippen LogP contribution in [0.5, 0.6) is 0 Å². The number of pyridine rings is 1. The van der Waals surface area contributed by atoms with Gasteiger partial charge < -0.3 is 14.4 Å². The number of rotatable bonds is 5. The lowest BCUT2D eigenvalue weighted by atomic mass is 9.79. The summed E-state index contributed by atoms with van der Waals surface area (Å²) in [6, 6.07) is 9.59. The number of carbonyl (C=O) groups is 1. The van der Waals surface area contributed by atoms with Crippen molar-refractivity contribution in [3.8, 4) is 0 Å². The fourth-order valence-electron chi connectivity index (χ4n) is 4.05. The Morgan fingerprint density at radius 3 is 3.12 bits per heavy atom. The predicted octanol–water partition coefficient (Wildman–Crippen LogP) is 2.89. The molecule has 1 atom stereocenters. The van der Waals surface area contributed by atoms with E-state index in [1.165, 1.54) is 0 Å². The highest BCUT2D eigenvalue weighted by molar-refractivity contribution is 5.98. The molecule has 0 aliphatic carbocycles. The summed E-state index contributed by atoms with van der Waals surface area (Å²) < 4.78 is 11.5. The molecular weight excluding hydrogens is 316 g/mol. The molecule has 0 unspecified atom stereocenters. The van der Waals surface area contributed by atoms with E-state index in [2.05, 4.69) is 4.98 Å². The Balaban J connectivity index is 1.42. The minimum Gasteiger partial charge on any atom is -0.382 e. The third kappa shape index (κ3) is 3.02. The maximum atomic E-state index is 12.8. The Hall–Kier alpha value is -1.98. The van der Waals surface area contributed by atoms with Crippen molar-refractivity contribution < 1.29 is 14.3 Å². The molecule has 0 radical (unpaired) electrons. The highest BCUT2D eigenvalue weighted by Gasteiger charge is 2.54. The van der Waals surface area contributed by atoms with Crippen molar-refractivity contribution in [3.63, 3.8) is 0 Å². The van der Waals surface area contributed by atoms with E-state index < -0.39 is 0 Å². The molecule has 2 aromatic rings. The summed E-state index contributed by atoms with van der Waals surface area (Å²) in [6.07, 6.45) is 3.84. The molecule has 5 heteroatoms. The molecule has 3 heterocycles. The highest BCUT2D eigenvalue weighted by Crippen LogP contribution is 2.42. The second-order valence-electron chi connectivity index (χ2n) is 6.96. The van der Waals surface area contributed by atoms with Gasteiger partial charge in [0.25, 0.3) is 5.91 Å². The van der Waals surface area contributed by atoms with E-state index in [9.17, 15) is 4.79 Å². The van der Waals surface area contributed by atoms with Gasteiger partial charge in [-0.05, 0) is 49.9 Å². The zero-order valence-electron chi connectivity index (χ0n) is 14.6. The molecule has 132 valence electrons. The van der Waals surface area contributed by atoms with E-state index in [-0.39, 0.29) is 11.5 Å². The summed E-state index contributed by atoms with van der Waals surface area (Å²) in [4.78, 5) is 19.0. The molecule has 2 saturated heterocycles. The third-order valence-electron chi connectivity index (χ3n) is 5.47. The van der Waals surface area contributed by atoms with E-state index in [0.717, 1.165) is 49.1 Å². The second-order valence-corrected chi connectivity index (χ2v) is 6.96. The summed E-state index contributed by atoms with van der Waals surface area (Å²) in [5.41, 5.74) is 1.49. The molecule has 25 heavy (non-hydrogen) atoms. The summed E-state index contributed by atoms with van der Waals surface area (Å²) in [5.74, 6) is 0.569. The van der Waals surface area contributed by atoms with Crippen LogP contribution in [0.4, 0.5) is 0 Å². The average molecular weight is 340 g/mol. The zero-order valence-corrected chi connectivity index (χ0v) is 14.6. The number of likely N-dealkylation sites (tertiary alicyclic amines) is 1. The van der Waals surface area contributed by atoms with E-state index in [0.29, 0.717) is 19.0 Å². The number of carbonyl (C=O) groups excluding carboxylic acids is 1. The van der Waals surface area contributed by atoms with Crippen LogP contribution < -0.4 is 0 Å². The van der Waals surface area contributed by atoms with Gasteiger partial charge in [0.2, 0.25) is 0 Å². The first kappa shape index (κ1) is 16.5. The molecule has 4 rings (SSSR count). The Kier molecular flexibility index (Phi) is 4.44. The molecule has 1 aromatic carbocycles. The van der Waals surface area contributed by atoms with Crippen LogP contribution in [0.3, 0.4) is 0 Å². The minimum atomic E-state index is -0.148. The van der Waals surface area contributed by atoms with Crippen molar-refractivity contribution in [1.82, 2.24) is 9.88 Å².